The molecule has 0 bridgehead atoms. The van der Waals surface area contributed by atoms with E-state index in [1.165, 1.54) is 11.6 Å². The van der Waals surface area contributed by atoms with E-state index in [4.69, 9.17) is 4.74 Å². The van der Waals surface area contributed by atoms with Crippen LogP contribution in [0.5, 0.6) is 0 Å². The molecule has 5 heteroatoms. The Morgan fingerprint density at radius 2 is 1.79 bits per heavy atom. The lowest BCUT2D eigenvalue weighted by atomic mass is 10.2. The minimum absolute atomic E-state index is 0.209. The molecule has 0 fully saturated rings. The second kappa shape index (κ2) is 9.57. The van der Waals surface area contributed by atoms with Gasteiger partial charge in [-0.3, -0.25) is 4.79 Å². The Balaban J connectivity index is 1.79. The molecular formula is C19H19NO3S. The molecule has 1 amide bonds. The van der Waals surface area contributed by atoms with Crippen LogP contribution in [0.4, 0.5) is 5.69 Å². The van der Waals surface area contributed by atoms with Crippen LogP contribution in [0, 0.1) is 0 Å². The minimum atomic E-state index is -0.368. The molecule has 0 unspecified atom stereocenters. The summed E-state index contributed by atoms with van der Waals surface area (Å²) < 4.78 is 4.91. The maximum absolute atomic E-state index is 11.8. The number of benzene rings is 2. The number of carbonyl (C=O) groups excluding carboxylic acids is 2. The van der Waals surface area contributed by atoms with Crippen molar-refractivity contribution in [2.75, 3.05) is 11.9 Å². The number of esters is 1. The fourth-order valence-electron chi connectivity index (χ4n) is 1.92. The topological polar surface area (TPSA) is 55.4 Å². The highest BCUT2D eigenvalue weighted by Crippen LogP contribution is 2.14. The number of thioether (sulfide) groups is 1. The Bertz CT molecular complexity index is 696. The highest BCUT2D eigenvalue weighted by molar-refractivity contribution is 8.01. The zero-order chi connectivity index (χ0) is 17.2. The Kier molecular flexibility index (Phi) is 7.11. The van der Waals surface area contributed by atoms with E-state index in [1.807, 2.05) is 30.3 Å². The summed E-state index contributed by atoms with van der Waals surface area (Å²) >= 11 is 1.55. The van der Waals surface area contributed by atoms with E-state index in [0.717, 1.165) is 5.75 Å². The standard InChI is InChI=1S/C19H19NO3S/c1-2-23-19(22)16-8-10-17(11-9-16)20-18(21)12-13-24-14-15-6-4-3-5-7-15/h3-13H,2,14H2,1H3,(H,20,21)/b13-12-. The smallest absolute Gasteiger partial charge is 0.338 e. The van der Waals surface area contributed by atoms with Gasteiger partial charge in [0.2, 0.25) is 5.91 Å². The van der Waals surface area contributed by atoms with Crippen LogP contribution in [0.15, 0.2) is 66.1 Å². The lowest BCUT2D eigenvalue weighted by Gasteiger charge is -2.04. The van der Waals surface area contributed by atoms with Crippen molar-refractivity contribution < 1.29 is 14.3 Å². The molecule has 0 saturated carbocycles. The number of nitrogens with one attached hydrogen (secondary N) is 1. The van der Waals surface area contributed by atoms with Gasteiger partial charge in [0, 0.05) is 17.5 Å². The SMILES string of the molecule is CCOC(=O)c1ccc(NC(=O)/C=C\SCc2ccccc2)cc1. The first-order valence-electron chi connectivity index (χ1n) is 7.59. The van der Waals surface area contributed by atoms with E-state index in [-0.39, 0.29) is 11.9 Å². The Morgan fingerprint density at radius 3 is 2.46 bits per heavy atom. The maximum Gasteiger partial charge on any atom is 0.338 e. The van der Waals surface area contributed by atoms with E-state index in [0.29, 0.717) is 17.9 Å². The predicted octanol–water partition coefficient (Wildman–Crippen LogP) is 4.25. The van der Waals surface area contributed by atoms with Crippen molar-refractivity contribution in [3.63, 3.8) is 0 Å². The molecule has 2 rings (SSSR count). The molecule has 2 aromatic carbocycles. The molecule has 124 valence electrons. The summed E-state index contributed by atoms with van der Waals surface area (Å²) in [5, 5.41) is 4.52. The van der Waals surface area contributed by atoms with Gasteiger partial charge in [0.1, 0.15) is 0 Å². The van der Waals surface area contributed by atoms with Crippen molar-refractivity contribution in [3.8, 4) is 0 Å². The summed E-state index contributed by atoms with van der Waals surface area (Å²) in [4.78, 5) is 23.4. The molecule has 24 heavy (non-hydrogen) atoms. The summed E-state index contributed by atoms with van der Waals surface area (Å²) in [5.74, 6) is 0.241. The molecule has 1 N–H and O–H groups in total. The molecular weight excluding hydrogens is 322 g/mol. The van der Waals surface area contributed by atoms with Crippen molar-refractivity contribution >= 4 is 29.3 Å². The maximum atomic E-state index is 11.8. The lowest BCUT2D eigenvalue weighted by Crippen LogP contribution is -2.08. The summed E-state index contributed by atoms with van der Waals surface area (Å²) in [6.07, 6.45) is 1.49. The van der Waals surface area contributed by atoms with Crippen LogP contribution in [-0.2, 0) is 15.3 Å². The van der Waals surface area contributed by atoms with E-state index < -0.39 is 0 Å². The van der Waals surface area contributed by atoms with Crippen LogP contribution in [0.2, 0.25) is 0 Å². The van der Waals surface area contributed by atoms with Gasteiger partial charge in [-0.1, -0.05) is 30.3 Å². The second-order valence-electron chi connectivity index (χ2n) is 4.89. The van der Waals surface area contributed by atoms with Gasteiger partial charge in [0.05, 0.1) is 12.2 Å². The van der Waals surface area contributed by atoms with Gasteiger partial charge in [-0.15, -0.1) is 11.8 Å². The van der Waals surface area contributed by atoms with Gasteiger partial charge in [-0.05, 0) is 42.2 Å². The quantitative estimate of drug-likeness (QED) is 0.604. The zero-order valence-electron chi connectivity index (χ0n) is 13.4. The highest BCUT2D eigenvalue weighted by Gasteiger charge is 2.06. The number of hydrogen-bond acceptors (Lipinski definition) is 4. The average molecular weight is 341 g/mol. The third-order valence-electron chi connectivity index (χ3n) is 3.07. The first kappa shape index (κ1) is 17.8. The predicted molar refractivity (Wildman–Crippen MR) is 97.9 cm³/mol. The third kappa shape index (κ3) is 5.93. The van der Waals surface area contributed by atoms with E-state index >= 15 is 0 Å². The Hall–Kier alpha value is -2.53. The fraction of sp³-hybridized carbons (Fsp3) is 0.158. The summed E-state index contributed by atoms with van der Waals surface area (Å²) in [6.45, 7) is 2.09. The molecule has 0 radical (unpaired) electrons. The van der Waals surface area contributed by atoms with Crippen molar-refractivity contribution in [1.82, 2.24) is 0 Å². The van der Waals surface area contributed by atoms with Gasteiger partial charge in [-0.2, -0.15) is 0 Å². The minimum Gasteiger partial charge on any atom is -0.462 e. The number of amides is 1. The number of carbonyl (C=O) groups is 2. The average Bonchev–Trinajstić information content (AvgIpc) is 2.60. The fourth-order valence-corrected chi connectivity index (χ4v) is 2.62. The van der Waals surface area contributed by atoms with Crippen molar-refractivity contribution in [2.45, 2.75) is 12.7 Å². The Morgan fingerprint density at radius 1 is 1.08 bits per heavy atom. The van der Waals surface area contributed by atoms with E-state index in [1.54, 1.807) is 48.4 Å². The largest absolute Gasteiger partial charge is 0.462 e. The molecule has 0 saturated heterocycles. The molecule has 0 atom stereocenters. The number of ether oxygens (including phenoxy) is 1. The van der Waals surface area contributed by atoms with Gasteiger partial charge >= 0.3 is 5.97 Å². The lowest BCUT2D eigenvalue weighted by molar-refractivity contribution is -0.111. The second-order valence-corrected chi connectivity index (χ2v) is 5.78. The molecule has 2 aromatic rings. The van der Waals surface area contributed by atoms with Gasteiger partial charge in [0.15, 0.2) is 0 Å². The van der Waals surface area contributed by atoms with E-state index in [9.17, 15) is 9.59 Å². The molecule has 4 nitrogen and oxygen atoms in total. The van der Waals surface area contributed by atoms with Crippen molar-refractivity contribution in [2.24, 2.45) is 0 Å². The zero-order valence-corrected chi connectivity index (χ0v) is 14.2. The molecule has 0 spiro atoms. The first-order valence-corrected chi connectivity index (χ1v) is 8.64. The van der Waals surface area contributed by atoms with Crippen LogP contribution in [-0.4, -0.2) is 18.5 Å². The van der Waals surface area contributed by atoms with Gasteiger partial charge in [0.25, 0.3) is 0 Å². The number of rotatable bonds is 7. The molecule has 0 aliphatic carbocycles. The third-order valence-corrected chi connectivity index (χ3v) is 3.90. The molecule has 0 aliphatic rings. The highest BCUT2D eigenvalue weighted by atomic mass is 32.2. The summed E-state index contributed by atoms with van der Waals surface area (Å²) in [5.41, 5.74) is 2.30. The number of hydrogen-bond donors (Lipinski definition) is 1. The van der Waals surface area contributed by atoms with Gasteiger partial charge < -0.3 is 10.1 Å². The molecule has 0 aromatic heterocycles. The van der Waals surface area contributed by atoms with Gasteiger partial charge in [-0.25, -0.2) is 4.79 Å². The van der Waals surface area contributed by atoms with Crippen molar-refractivity contribution in [3.05, 3.63) is 77.2 Å². The van der Waals surface area contributed by atoms with Crippen molar-refractivity contribution in [1.29, 1.82) is 0 Å². The van der Waals surface area contributed by atoms with E-state index in [2.05, 4.69) is 5.32 Å². The Labute approximate surface area is 145 Å². The molecule has 0 heterocycles. The van der Waals surface area contributed by atoms with Crippen LogP contribution in [0.3, 0.4) is 0 Å². The van der Waals surface area contributed by atoms with Crippen LogP contribution < -0.4 is 5.32 Å². The van der Waals surface area contributed by atoms with Crippen LogP contribution in [0.1, 0.15) is 22.8 Å². The van der Waals surface area contributed by atoms with Crippen LogP contribution >= 0.6 is 11.8 Å². The molecule has 0 aliphatic heterocycles. The summed E-state index contributed by atoms with van der Waals surface area (Å²) in [6, 6.07) is 16.7. The number of anilines is 1. The van der Waals surface area contributed by atoms with Crippen LogP contribution in [0.25, 0.3) is 0 Å². The normalized spacial score (nSPS) is 10.5. The monoisotopic (exact) mass is 341 g/mol. The first-order chi connectivity index (χ1) is 11.7. The summed E-state index contributed by atoms with van der Waals surface area (Å²) in [7, 11) is 0.